The molecule has 0 unspecified atom stereocenters. The van der Waals surface area contributed by atoms with E-state index in [1.807, 2.05) is 0 Å². The molecule has 0 aromatic carbocycles. The number of carbonyl (C=O) groups is 2. The Hall–Kier alpha value is -0.700. The Morgan fingerprint density at radius 1 is 1.25 bits per heavy atom. The van der Waals surface area contributed by atoms with E-state index in [2.05, 4.69) is 0 Å². The van der Waals surface area contributed by atoms with E-state index in [0.717, 1.165) is 0 Å². The van der Waals surface area contributed by atoms with Crippen LogP contribution < -0.4 is 0 Å². The van der Waals surface area contributed by atoms with Gasteiger partial charge in [-0.15, -0.1) is 0 Å². The van der Waals surface area contributed by atoms with Crippen molar-refractivity contribution in [2.45, 2.75) is 18.9 Å². The van der Waals surface area contributed by atoms with Crippen molar-refractivity contribution < 1.29 is 14.7 Å². The number of hydrogen-bond donors (Lipinski definition) is 1. The molecule has 0 radical (unpaired) electrons. The van der Waals surface area contributed by atoms with Gasteiger partial charge in [0.15, 0.2) is 17.7 Å². The Balaban J connectivity index is 2.70. The SMILES string of the molecule is O=C1CCC(=O)C1O. The van der Waals surface area contributed by atoms with Gasteiger partial charge in [0, 0.05) is 12.8 Å². The molecule has 0 atom stereocenters. The standard InChI is InChI=1S/C5H6O3/c6-3-1-2-4(7)5(3)8/h5,8H,1-2H2. The predicted octanol–water partition coefficient (Wildman–Crippen LogP) is -0.721. The lowest BCUT2D eigenvalue weighted by atomic mass is 10.3. The largest absolute Gasteiger partial charge is 0.378 e. The van der Waals surface area contributed by atoms with Crippen LogP contribution in [0.5, 0.6) is 0 Å². The molecule has 0 aliphatic heterocycles. The number of Topliss-reactive ketones (excluding diaryl/α,β-unsaturated/α-hetero) is 2. The molecule has 0 bridgehead atoms. The minimum absolute atomic E-state index is 0.222. The van der Waals surface area contributed by atoms with Crippen molar-refractivity contribution in [3.05, 3.63) is 0 Å². The summed E-state index contributed by atoms with van der Waals surface area (Å²) in [5, 5.41) is 8.57. The summed E-state index contributed by atoms with van der Waals surface area (Å²) in [6.07, 6.45) is -0.852. The van der Waals surface area contributed by atoms with Gasteiger partial charge in [-0.1, -0.05) is 0 Å². The van der Waals surface area contributed by atoms with Gasteiger partial charge in [-0.3, -0.25) is 9.59 Å². The highest BCUT2D eigenvalue weighted by Crippen LogP contribution is 2.09. The van der Waals surface area contributed by atoms with Crippen LogP contribution in [0.1, 0.15) is 12.8 Å². The zero-order valence-electron chi connectivity index (χ0n) is 4.26. The number of carbonyl (C=O) groups excluding carboxylic acids is 2. The van der Waals surface area contributed by atoms with Gasteiger partial charge in [-0.2, -0.15) is 0 Å². The molecule has 0 spiro atoms. The topological polar surface area (TPSA) is 54.4 Å². The van der Waals surface area contributed by atoms with Gasteiger partial charge in [0.25, 0.3) is 0 Å². The first-order valence-corrected chi connectivity index (χ1v) is 2.45. The lowest BCUT2D eigenvalue weighted by molar-refractivity contribution is -0.132. The molecular weight excluding hydrogens is 108 g/mol. The molecule has 0 saturated heterocycles. The van der Waals surface area contributed by atoms with E-state index < -0.39 is 6.10 Å². The molecule has 3 heteroatoms. The van der Waals surface area contributed by atoms with Crippen LogP contribution in [0.4, 0.5) is 0 Å². The van der Waals surface area contributed by atoms with E-state index >= 15 is 0 Å². The second-order valence-corrected chi connectivity index (χ2v) is 1.84. The number of hydrogen-bond acceptors (Lipinski definition) is 3. The average molecular weight is 114 g/mol. The molecule has 1 N–H and O–H groups in total. The van der Waals surface area contributed by atoms with Crippen LogP contribution in [-0.4, -0.2) is 22.8 Å². The molecule has 1 saturated carbocycles. The molecular formula is C5H6O3. The summed E-state index contributed by atoms with van der Waals surface area (Å²) in [7, 11) is 0. The van der Waals surface area contributed by atoms with E-state index in [1.165, 1.54) is 0 Å². The molecule has 8 heavy (non-hydrogen) atoms. The third-order valence-electron chi connectivity index (χ3n) is 1.23. The van der Waals surface area contributed by atoms with Crippen LogP contribution in [0.15, 0.2) is 0 Å². The number of aliphatic hydroxyl groups excluding tert-OH is 1. The molecule has 1 rings (SSSR count). The summed E-state index contributed by atoms with van der Waals surface area (Å²) < 4.78 is 0. The monoisotopic (exact) mass is 114 g/mol. The maximum absolute atomic E-state index is 10.3. The quantitative estimate of drug-likeness (QED) is 0.423. The molecule has 0 amide bonds. The van der Waals surface area contributed by atoms with Crippen molar-refractivity contribution in [3.8, 4) is 0 Å². The highest BCUT2D eigenvalue weighted by Gasteiger charge is 2.29. The first-order chi connectivity index (χ1) is 3.72. The molecule has 1 aliphatic rings. The summed E-state index contributed by atoms with van der Waals surface area (Å²) in [5.74, 6) is -0.676. The maximum atomic E-state index is 10.3. The second kappa shape index (κ2) is 1.67. The van der Waals surface area contributed by atoms with E-state index in [4.69, 9.17) is 5.11 Å². The van der Waals surface area contributed by atoms with Gasteiger partial charge in [-0.05, 0) is 0 Å². The zero-order valence-corrected chi connectivity index (χ0v) is 4.26. The van der Waals surface area contributed by atoms with E-state index in [-0.39, 0.29) is 24.4 Å². The van der Waals surface area contributed by atoms with Crippen LogP contribution in [0.25, 0.3) is 0 Å². The fraction of sp³-hybridized carbons (Fsp3) is 0.600. The van der Waals surface area contributed by atoms with Crippen LogP contribution >= 0.6 is 0 Å². The third-order valence-corrected chi connectivity index (χ3v) is 1.23. The van der Waals surface area contributed by atoms with Crippen molar-refractivity contribution >= 4 is 11.6 Å². The van der Waals surface area contributed by atoms with Crippen LogP contribution in [0.3, 0.4) is 0 Å². The Labute approximate surface area is 46.3 Å². The first kappa shape index (κ1) is 5.44. The van der Waals surface area contributed by atoms with Gasteiger partial charge in [0.1, 0.15) is 0 Å². The normalized spacial score (nSPS) is 22.6. The van der Waals surface area contributed by atoms with Crippen LogP contribution in [0, 0.1) is 0 Å². The maximum Gasteiger partial charge on any atom is 0.170 e. The lowest BCUT2D eigenvalue weighted by Gasteiger charge is -1.90. The molecule has 0 aromatic rings. The predicted molar refractivity (Wildman–Crippen MR) is 25.3 cm³/mol. The van der Waals surface area contributed by atoms with Crippen molar-refractivity contribution in [2.24, 2.45) is 0 Å². The molecule has 1 fully saturated rings. The summed E-state index contributed by atoms with van der Waals surface area (Å²) in [6.45, 7) is 0. The zero-order chi connectivity index (χ0) is 6.15. The third kappa shape index (κ3) is 0.648. The summed E-state index contributed by atoms with van der Waals surface area (Å²) in [4.78, 5) is 20.6. The molecule has 0 heterocycles. The van der Waals surface area contributed by atoms with Crippen molar-refractivity contribution in [1.29, 1.82) is 0 Å². The Morgan fingerprint density at radius 2 is 1.62 bits per heavy atom. The van der Waals surface area contributed by atoms with Crippen molar-refractivity contribution in [1.82, 2.24) is 0 Å². The molecule has 3 nitrogen and oxygen atoms in total. The van der Waals surface area contributed by atoms with Gasteiger partial charge in [-0.25, -0.2) is 0 Å². The average Bonchev–Trinajstić information content (AvgIpc) is 1.98. The molecule has 0 aromatic heterocycles. The number of aliphatic hydroxyl groups is 1. The molecule has 44 valence electrons. The fourth-order valence-electron chi connectivity index (χ4n) is 0.699. The fourth-order valence-corrected chi connectivity index (χ4v) is 0.699. The van der Waals surface area contributed by atoms with E-state index in [1.54, 1.807) is 0 Å². The van der Waals surface area contributed by atoms with Gasteiger partial charge < -0.3 is 5.11 Å². The second-order valence-electron chi connectivity index (χ2n) is 1.84. The van der Waals surface area contributed by atoms with Gasteiger partial charge in [0.2, 0.25) is 0 Å². The summed E-state index contributed by atoms with van der Waals surface area (Å²) in [6, 6.07) is 0. The van der Waals surface area contributed by atoms with E-state index in [0.29, 0.717) is 0 Å². The Bertz CT molecular complexity index is 123. The van der Waals surface area contributed by atoms with E-state index in [9.17, 15) is 9.59 Å². The Kier molecular flexibility index (Phi) is 1.13. The van der Waals surface area contributed by atoms with Gasteiger partial charge >= 0.3 is 0 Å². The minimum Gasteiger partial charge on any atom is -0.378 e. The van der Waals surface area contributed by atoms with Crippen LogP contribution in [-0.2, 0) is 9.59 Å². The summed E-state index contributed by atoms with van der Waals surface area (Å²) >= 11 is 0. The van der Waals surface area contributed by atoms with Gasteiger partial charge in [0.05, 0.1) is 0 Å². The molecule has 1 aliphatic carbocycles. The highest BCUT2D eigenvalue weighted by molar-refractivity contribution is 6.10. The lowest BCUT2D eigenvalue weighted by Crippen LogP contribution is -2.19. The first-order valence-electron chi connectivity index (χ1n) is 2.45. The van der Waals surface area contributed by atoms with Crippen molar-refractivity contribution in [2.75, 3.05) is 0 Å². The van der Waals surface area contributed by atoms with Crippen LogP contribution in [0.2, 0.25) is 0 Å². The highest BCUT2D eigenvalue weighted by atomic mass is 16.3. The summed E-state index contributed by atoms with van der Waals surface area (Å²) in [5.41, 5.74) is 0. The van der Waals surface area contributed by atoms with Crippen molar-refractivity contribution in [3.63, 3.8) is 0 Å². The smallest absolute Gasteiger partial charge is 0.170 e. The minimum atomic E-state index is -1.30. The number of ketones is 2. The number of rotatable bonds is 0. The Morgan fingerprint density at radius 3 is 1.75 bits per heavy atom.